The first kappa shape index (κ1) is 6.12. The highest BCUT2D eigenvalue weighted by molar-refractivity contribution is 6.28. The van der Waals surface area contributed by atoms with Gasteiger partial charge in [-0.2, -0.15) is 5.26 Å². The maximum absolute atomic E-state index is 8.29. The standard InChI is InChI=1S/C5H4ClN3/c1-9-3-4(2-7)8-5(9)6/h3H,1H3. The molecule has 9 heavy (non-hydrogen) atoms. The predicted octanol–water partition coefficient (Wildman–Crippen LogP) is 0.945. The molecule has 0 saturated carbocycles. The van der Waals surface area contributed by atoms with E-state index in [0.29, 0.717) is 11.0 Å². The van der Waals surface area contributed by atoms with E-state index in [1.807, 2.05) is 6.07 Å². The summed E-state index contributed by atoms with van der Waals surface area (Å²) in [7, 11) is 1.73. The lowest BCUT2D eigenvalue weighted by Gasteiger charge is -1.84. The fourth-order valence-electron chi connectivity index (χ4n) is 0.498. The predicted molar refractivity (Wildman–Crippen MR) is 32.9 cm³/mol. The van der Waals surface area contributed by atoms with Crippen molar-refractivity contribution in [3.63, 3.8) is 0 Å². The van der Waals surface area contributed by atoms with E-state index >= 15 is 0 Å². The van der Waals surface area contributed by atoms with Gasteiger partial charge in [-0.3, -0.25) is 0 Å². The number of imidazole rings is 1. The summed E-state index contributed by atoms with van der Waals surface area (Å²) in [5.74, 6) is 0. The first-order valence-corrected chi connectivity index (χ1v) is 2.71. The smallest absolute Gasteiger partial charge is 0.203 e. The van der Waals surface area contributed by atoms with Crippen molar-refractivity contribution in [3.8, 4) is 6.07 Å². The number of aromatic nitrogens is 2. The van der Waals surface area contributed by atoms with Gasteiger partial charge in [-0.25, -0.2) is 4.98 Å². The number of nitrogens with zero attached hydrogens (tertiary/aromatic N) is 3. The molecule has 1 aromatic rings. The van der Waals surface area contributed by atoms with Gasteiger partial charge >= 0.3 is 0 Å². The zero-order valence-corrected chi connectivity index (χ0v) is 5.55. The van der Waals surface area contributed by atoms with Crippen molar-refractivity contribution in [2.75, 3.05) is 0 Å². The molecule has 0 amide bonds. The number of nitriles is 1. The van der Waals surface area contributed by atoms with Crippen LogP contribution in [0.1, 0.15) is 5.69 Å². The van der Waals surface area contributed by atoms with Gasteiger partial charge in [0.2, 0.25) is 5.28 Å². The zero-order valence-electron chi connectivity index (χ0n) is 4.80. The van der Waals surface area contributed by atoms with Crippen LogP contribution in [0.15, 0.2) is 6.20 Å². The van der Waals surface area contributed by atoms with Crippen LogP contribution in [0.2, 0.25) is 5.28 Å². The first-order valence-electron chi connectivity index (χ1n) is 2.33. The van der Waals surface area contributed by atoms with E-state index < -0.39 is 0 Å². The highest BCUT2D eigenvalue weighted by Gasteiger charge is 1.98. The van der Waals surface area contributed by atoms with Gasteiger partial charge in [0.15, 0.2) is 5.69 Å². The van der Waals surface area contributed by atoms with Crippen molar-refractivity contribution in [1.29, 1.82) is 5.26 Å². The number of rotatable bonds is 0. The molecule has 1 aromatic heterocycles. The Bertz CT molecular complexity index is 238. The molecule has 0 aliphatic carbocycles. The van der Waals surface area contributed by atoms with E-state index in [1.54, 1.807) is 17.8 Å². The molecule has 1 rings (SSSR count). The van der Waals surface area contributed by atoms with E-state index in [0.717, 1.165) is 0 Å². The molecular formula is C5H4ClN3. The van der Waals surface area contributed by atoms with Gasteiger partial charge in [0.25, 0.3) is 0 Å². The maximum Gasteiger partial charge on any atom is 0.203 e. The second-order valence-electron chi connectivity index (χ2n) is 1.62. The third-order valence-corrected chi connectivity index (χ3v) is 1.29. The van der Waals surface area contributed by atoms with Crippen LogP contribution in [-0.2, 0) is 7.05 Å². The van der Waals surface area contributed by atoms with Crippen molar-refractivity contribution in [3.05, 3.63) is 17.2 Å². The van der Waals surface area contributed by atoms with Crippen molar-refractivity contribution >= 4 is 11.6 Å². The summed E-state index contributed by atoms with van der Waals surface area (Å²) in [6.45, 7) is 0. The Kier molecular flexibility index (Phi) is 1.41. The number of hydrogen-bond donors (Lipinski definition) is 0. The second-order valence-corrected chi connectivity index (χ2v) is 1.96. The summed E-state index contributed by atoms with van der Waals surface area (Å²) >= 11 is 5.51. The van der Waals surface area contributed by atoms with E-state index in [-0.39, 0.29) is 0 Å². The minimum Gasteiger partial charge on any atom is -0.323 e. The molecule has 0 unspecified atom stereocenters. The fourth-order valence-corrected chi connectivity index (χ4v) is 0.638. The summed E-state index contributed by atoms with van der Waals surface area (Å²) in [6.07, 6.45) is 1.57. The van der Waals surface area contributed by atoms with Gasteiger partial charge in [-0.05, 0) is 11.6 Å². The van der Waals surface area contributed by atoms with Crippen LogP contribution in [-0.4, -0.2) is 9.55 Å². The van der Waals surface area contributed by atoms with Crippen LogP contribution in [0, 0.1) is 11.3 Å². The molecule has 0 bridgehead atoms. The Morgan fingerprint density at radius 1 is 1.89 bits per heavy atom. The molecule has 0 aliphatic heterocycles. The number of halogens is 1. The van der Waals surface area contributed by atoms with Gasteiger partial charge in [0.05, 0.1) is 0 Å². The van der Waals surface area contributed by atoms with Crippen LogP contribution in [0.3, 0.4) is 0 Å². The lowest BCUT2D eigenvalue weighted by atomic mass is 10.5. The number of hydrogen-bond acceptors (Lipinski definition) is 2. The molecule has 0 saturated heterocycles. The van der Waals surface area contributed by atoms with Gasteiger partial charge in [-0.15, -0.1) is 0 Å². The van der Waals surface area contributed by atoms with Gasteiger partial charge in [0.1, 0.15) is 6.07 Å². The normalized spacial score (nSPS) is 9.00. The van der Waals surface area contributed by atoms with Crippen LogP contribution in [0.5, 0.6) is 0 Å². The third kappa shape index (κ3) is 1.03. The Labute approximate surface area is 57.5 Å². The maximum atomic E-state index is 8.29. The summed E-state index contributed by atoms with van der Waals surface area (Å²) in [6, 6.07) is 1.87. The molecule has 0 aromatic carbocycles. The zero-order chi connectivity index (χ0) is 6.85. The quantitative estimate of drug-likeness (QED) is 0.540. The summed E-state index contributed by atoms with van der Waals surface area (Å²) in [5.41, 5.74) is 0.350. The lowest BCUT2D eigenvalue weighted by molar-refractivity contribution is 0.914. The van der Waals surface area contributed by atoms with Crippen LogP contribution >= 0.6 is 11.6 Å². The van der Waals surface area contributed by atoms with Crippen LogP contribution < -0.4 is 0 Å². The highest BCUT2D eigenvalue weighted by atomic mass is 35.5. The Morgan fingerprint density at radius 3 is 2.78 bits per heavy atom. The Morgan fingerprint density at radius 2 is 2.56 bits per heavy atom. The third-order valence-electron chi connectivity index (χ3n) is 0.934. The van der Waals surface area contributed by atoms with E-state index in [9.17, 15) is 0 Å². The average Bonchev–Trinajstić information content (AvgIpc) is 2.13. The minimum atomic E-state index is 0.339. The molecule has 0 fully saturated rings. The van der Waals surface area contributed by atoms with Crippen molar-refractivity contribution < 1.29 is 0 Å². The fraction of sp³-hybridized carbons (Fsp3) is 0.200. The monoisotopic (exact) mass is 141 g/mol. The van der Waals surface area contributed by atoms with Crippen LogP contribution in [0.25, 0.3) is 0 Å². The first-order chi connectivity index (χ1) is 4.24. The molecular weight excluding hydrogens is 138 g/mol. The molecule has 0 atom stereocenters. The molecule has 0 aliphatic rings. The molecule has 0 spiro atoms. The van der Waals surface area contributed by atoms with Crippen LogP contribution in [0.4, 0.5) is 0 Å². The number of aryl methyl sites for hydroxylation is 1. The minimum absolute atomic E-state index is 0.339. The Hall–Kier alpha value is -1.01. The van der Waals surface area contributed by atoms with Crippen molar-refractivity contribution in [2.45, 2.75) is 0 Å². The molecule has 0 radical (unpaired) electrons. The summed E-state index contributed by atoms with van der Waals surface area (Å²) in [4.78, 5) is 3.70. The van der Waals surface area contributed by atoms with Gasteiger partial charge in [-0.1, -0.05) is 0 Å². The van der Waals surface area contributed by atoms with E-state index in [4.69, 9.17) is 16.9 Å². The average molecular weight is 142 g/mol. The largest absolute Gasteiger partial charge is 0.323 e. The SMILES string of the molecule is Cn1cc(C#N)nc1Cl. The van der Waals surface area contributed by atoms with E-state index in [1.165, 1.54) is 0 Å². The second kappa shape index (κ2) is 2.08. The van der Waals surface area contributed by atoms with Crippen molar-refractivity contribution in [1.82, 2.24) is 9.55 Å². The van der Waals surface area contributed by atoms with Gasteiger partial charge in [0, 0.05) is 13.2 Å². The van der Waals surface area contributed by atoms with Crippen molar-refractivity contribution in [2.24, 2.45) is 7.05 Å². The highest BCUT2D eigenvalue weighted by Crippen LogP contribution is 2.04. The lowest BCUT2D eigenvalue weighted by Crippen LogP contribution is -1.81. The molecule has 3 nitrogen and oxygen atoms in total. The molecule has 4 heteroatoms. The molecule has 0 N–H and O–H groups in total. The molecule has 46 valence electrons. The topological polar surface area (TPSA) is 41.6 Å². The summed E-state index contributed by atoms with van der Waals surface area (Å²) in [5, 5.41) is 8.63. The van der Waals surface area contributed by atoms with Gasteiger partial charge < -0.3 is 4.57 Å². The van der Waals surface area contributed by atoms with E-state index in [2.05, 4.69) is 4.98 Å². The summed E-state index contributed by atoms with van der Waals surface area (Å²) < 4.78 is 1.58. The Balaban J connectivity index is 3.16. The molecule has 1 heterocycles.